The fraction of sp³-hybridized carbons (Fsp3) is 0.318. The Kier molecular flexibility index (Phi) is 5.47. The second kappa shape index (κ2) is 8.45. The molecule has 1 aliphatic rings. The van der Waals surface area contributed by atoms with Crippen LogP contribution in [0.15, 0.2) is 35.1 Å². The van der Waals surface area contributed by atoms with E-state index >= 15 is 0 Å². The van der Waals surface area contributed by atoms with Gasteiger partial charge >= 0.3 is 0 Å². The molecule has 0 saturated carbocycles. The Balaban J connectivity index is 1.75. The molecule has 1 saturated heterocycles. The summed E-state index contributed by atoms with van der Waals surface area (Å²) in [5.74, 6) is 0.503. The van der Waals surface area contributed by atoms with Crippen molar-refractivity contribution in [1.29, 1.82) is 0 Å². The predicted molar refractivity (Wildman–Crippen MR) is 125 cm³/mol. The minimum Gasteiger partial charge on any atom is -0.379 e. The van der Waals surface area contributed by atoms with Crippen molar-refractivity contribution in [1.82, 2.24) is 35.1 Å². The van der Waals surface area contributed by atoms with Crippen molar-refractivity contribution in [3.63, 3.8) is 0 Å². The Labute approximate surface area is 194 Å². The van der Waals surface area contributed by atoms with E-state index in [1.165, 1.54) is 0 Å². The lowest BCUT2D eigenvalue weighted by molar-refractivity contribution is 0.0791. The summed E-state index contributed by atoms with van der Waals surface area (Å²) in [6.07, 6.45) is 2.52. The number of fused-ring (bicyclic) bond motifs is 1. The average molecular weight is 467 g/mol. The fourth-order valence-electron chi connectivity index (χ4n) is 4.34. The van der Waals surface area contributed by atoms with E-state index in [9.17, 15) is 4.79 Å². The van der Waals surface area contributed by atoms with Crippen LogP contribution in [0.4, 0.5) is 5.82 Å². The molecule has 33 heavy (non-hydrogen) atoms. The van der Waals surface area contributed by atoms with E-state index in [4.69, 9.17) is 26.9 Å². The maximum Gasteiger partial charge on any atom is 0.257 e. The number of nitrogens with two attached hydrogens (primary N) is 1. The summed E-state index contributed by atoms with van der Waals surface area (Å²) in [4.78, 5) is 24.9. The maximum absolute atomic E-state index is 13.6. The molecule has 1 aromatic carbocycles. The van der Waals surface area contributed by atoms with Crippen LogP contribution < -0.4 is 11.1 Å². The van der Waals surface area contributed by atoms with Gasteiger partial charge in [0.05, 0.1) is 16.8 Å². The van der Waals surface area contributed by atoms with Crippen LogP contribution in [-0.2, 0) is 6.54 Å². The van der Waals surface area contributed by atoms with Gasteiger partial charge in [-0.2, -0.15) is 0 Å². The molecule has 0 bridgehead atoms. The van der Waals surface area contributed by atoms with Gasteiger partial charge in [0, 0.05) is 42.5 Å². The summed E-state index contributed by atoms with van der Waals surface area (Å²) in [5, 5.41) is 11.5. The number of pyridine rings is 1. The number of anilines is 1. The van der Waals surface area contributed by atoms with Gasteiger partial charge in [0.2, 0.25) is 0 Å². The van der Waals surface area contributed by atoms with Gasteiger partial charge in [-0.1, -0.05) is 23.7 Å². The first-order valence-corrected chi connectivity index (χ1v) is 11.1. The zero-order chi connectivity index (χ0) is 23.1. The number of carbonyl (C=O) groups excluding carboxylic acids is 1. The molecule has 5 rings (SSSR count). The van der Waals surface area contributed by atoms with E-state index in [1.807, 2.05) is 41.6 Å². The second-order valence-corrected chi connectivity index (χ2v) is 8.37. The number of imidazole rings is 1. The van der Waals surface area contributed by atoms with E-state index in [0.29, 0.717) is 58.5 Å². The lowest BCUT2D eigenvalue weighted by Gasteiger charge is -2.18. The molecule has 11 heteroatoms. The first-order valence-electron chi connectivity index (χ1n) is 10.7. The van der Waals surface area contributed by atoms with Crippen molar-refractivity contribution >= 4 is 34.4 Å². The molecule has 1 amide bonds. The Morgan fingerprint density at radius 3 is 2.85 bits per heavy atom. The Hall–Kier alpha value is -3.50. The molecule has 4 aromatic rings. The molecule has 1 unspecified atom stereocenters. The van der Waals surface area contributed by atoms with Crippen molar-refractivity contribution in [2.75, 3.05) is 25.9 Å². The standard InChI is InChI=1S/C22H23ClN8O2/c1-3-31-19-15(22(32)30-8-7-14(11-30)25-2)10-26-16(12-5-4-6-13(23)9-12)17(19)27-21(31)18-20(24)29-33-28-18/h4-6,9-10,14,25H,3,7-8,11H2,1-2H3,(H2,24,29). The highest BCUT2D eigenvalue weighted by molar-refractivity contribution is 6.30. The van der Waals surface area contributed by atoms with Crippen molar-refractivity contribution < 1.29 is 9.42 Å². The van der Waals surface area contributed by atoms with Crippen molar-refractivity contribution in [2.24, 2.45) is 0 Å². The largest absolute Gasteiger partial charge is 0.379 e. The fourth-order valence-corrected chi connectivity index (χ4v) is 4.53. The third kappa shape index (κ3) is 3.61. The topological polar surface area (TPSA) is 128 Å². The number of aryl methyl sites for hydroxylation is 1. The number of likely N-dealkylation sites (tertiary alicyclic amines) is 1. The first-order chi connectivity index (χ1) is 16.0. The van der Waals surface area contributed by atoms with Crippen LogP contribution >= 0.6 is 11.6 Å². The number of likely N-dealkylation sites (N-methyl/N-ethyl adjacent to an activating group) is 1. The van der Waals surface area contributed by atoms with Gasteiger partial charge in [-0.3, -0.25) is 9.78 Å². The molecular formula is C22H23ClN8O2. The van der Waals surface area contributed by atoms with Gasteiger partial charge in [0.1, 0.15) is 5.52 Å². The van der Waals surface area contributed by atoms with E-state index in [-0.39, 0.29) is 17.8 Å². The summed E-state index contributed by atoms with van der Waals surface area (Å²) in [5.41, 5.74) is 9.41. The Morgan fingerprint density at radius 1 is 1.33 bits per heavy atom. The van der Waals surface area contributed by atoms with Crippen LogP contribution in [0.2, 0.25) is 5.02 Å². The number of hydrogen-bond donors (Lipinski definition) is 2. The molecule has 0 aliphatic carbocycles. The van der Waals surface area contributed by atoms with Gasteiger partial charge in [-0.15, -0.1) is 0 Å². The summed E-state index contributed by atoms with van der Waals surface area (Å²) in [6.45, 7) is 3.81. The molecule has 3 aromatic heterocycles. The molecule has 0 spiro atoms. The number of nitrogens with one attached hydrogen (secondary N) is 1. The number of rotatable bonds is 5. The zero-order valence-electron chi connectivity index (χ0n) is 18.2. The number of aromatic nitrogens is 5. The minimum atomic E-state index is -0.0877. The lowest BCUT2D eigenvalue weighted by atomic mass is 10.1. The quantitative estimate of drug-likeness (QED) is 0.459. The van der Waals surface area contributed by atoms with Crippen LogP contribution in [0.5, 0.6) is 0 Å². The molecule has 10 nitrogen and oxygen atoms in total. The molecule has 0 radical (unpaired) electrons. The van der Waals surface area contributed by atoms with Gasteiger partial charge in [0.25, 0.3) is 5.91 Å². The van der Waals surface area contributed by atoms with Crippen molar-refractivity contribution in [3.8, 4) is 22.8 Å². The van der Waals surface area contributed by atoms with E-state index in [2.05, 4.69) is 20.6 Å². The summed E-state index contributed by atoms with van der Waals surface area (Å²) in [6, 6.07) is 7.65. The normalized spacial score (nSPS) is 16.1. The summed E-state index contributed by atoms with van der Waals surface area (Å²) in [7, 11) is 1.91. The number of nitrogens with zero attached hydrogens (tertiary/aromatic N) is 6. The van der Waals surface area contributed by atoms with Gasteiger partial charge in [-0.05, 0) is 42.8 Å². The highest BCUT2D eigenvalue weighted by Crippen LogP contribution is 2.35. The lowest BCUT2D eigenvalue weighted by Crippen LogP contribution is -2.33. The SMILES string of the molecule is CCn1c(-c2nonc2N)nc2c(-c3cccc(Cl)c3)ncc(C(=O)N3CCC(NC)C3)c21. The molecule has 4 heterocycles. The number of amides is 1. The third-order valence-electron chi connectivity index (χ3n) is 6.02. The van der Waals surface area contributed by atoms with Crippen LogP contribution in [0.1, 0.15) is 23.7 Å². The average Bonchev–Trinajstić information content (AvgIpc) is 3.55. The number of nitrogen functional groups attached to an aromatic ring is 1. The van der Waals surface area contributed by atoms with Crippen LogP contribution in [0.3, 0.4) is 0 Å². The zero-order valence-corrected chi connectivity index (χ0v) is 19.0. The molecule has 3 N–H and O–H groups in total. The molecule has 1 fully saturated rings. The van der Waals surface area contributed by atoms with Gasteiger partial charge in [-0.25, -0.2) is 9.61 Å². The third-order valence-corrected chi connectivity index (χ3v) is 6.26. The number of carbonyl (C=O) groups is 1. The molecular weight excluding hydrogens is 444 g/mol. The van der Waals surface area contributed by atoms with E-state index in [1.54, 1.807) is 12.3 Å². The van der Waals surface area contributed by atoms with Crippen molar-refractivity contribution in [3.05, 3.63) is 41.0 Å². The van der Waals surface area contributed by atoms with Gasteiger partial charge < -0.3 is 20.5 Å². The number of halogens is 1. The minimum absolute atomic E-state index is 0.0877. The number of benzene rings is 1. The Bertz CT molecular complexity index is 1350. The smallest absolute Gasteiger partial charge is 0.257 e. The van der Waals surface area contributed by atoms with Crippen LogP contribution in [0.25, 0.3) is 33.8 Å². The highest BCUT2D eigenvalue weighted by atomic mass is 35.5. The highest BCUT2D eigenvalue weighted by Gasteiger charge is 2.30. The monoisotopic (exact) mass is 466 g/mol. The second-order valence-electron chi connectivity index (χ2n) is 7.93. The van der Waals surface area contributed by atoms with Crippen molar-refractivity contribution in [2.45, 2.75) is 25.9 Å². The Morgan fingerprint density at radius 2 is 2.18 bits per heavy atom. The maximum atomic E-state index is 13.6. The van der Waals surface area contributed by atoms with E-state index < -0.39 is 0 Å². The molecule has 1 atom stereocenters. The van der Waals surface area contributed by atoms with Crippen LogP contribution in [0, 0.1) is 0 Å². The first kappa shape index (κ1) is 21.4. The van der Waals surface area contributed by atoms with E-state index in [0.717, 1.165) is 12.0 Å². The van der Waals surface area contributed by atoms with Gasteiger partial charge in [0.15, 0.2) is 17.3 Å². The summed E-state index contributed by atoms with van der Waals surface area (Å²) < 4.78 is 6.72. The summed E-state index contributed by atoms with van der Waals surface area (Å²) >= 11 is 6.24. The molecule has 1 aliphatic heterocycles. The number of hydrogen-bond acceptors (Lipinski definition) is 8. The predicted octanol–water partition coefficient (Wildman–Crippen LogP) is 2.84. The van der Waals surface area contributed by atoms with Crippen LogP contribution in [-0.4, -0.2) is 61.8 Å². The molecule has 170 valence electrons.